The second-order valence-electron chi connectivity index (χ2n) is 4.19. The van der Waals surface area contributed by atoms with Crippen molar-refractivity contribution in [1.29, 1.82) is 0 Å². The van der Waals surface area contributed by atoms with E-state index in [1.165, 1.54) is 6.08 Å². The SMILES string of the molecule is O=C(/C=C/c1ccc(Cl)cc1)NC(=S)Nc1ccc(Br)cn1. The van der Waals surface area contributed by atoms with E-state index in [1.807, 2.05) is 18.2 Å². The largest absolute Gasteiger partial charge is 0.317 e. The maximum Gasteiger partial charge on any atom is 0.250 e. The lowest BCUT2D eigenvalue weighted by molar-refractivity contribution is -0.115. The van der Waals surface area contributed by atoms with Crippen molar-refractivity contribution in [2.24, 2.45) is 0 Å². The molecule has 1 aromatic heterocycles. The van der Waals surface area contributed by atoms with Crippen molar-refractivity contribution < 1.29 is 4.79 Å². The monoisotopic (exact) mass is 395 g/mol. The summed E-state index contributed by atoms with van der Waals surface area (Å²) in [6.45, 7) is 0. The number of halogens is 2. The Morgan fingerprint density at radius 1 is 1.23 bits per heavy atom. The third kappa shape index (κ3) is 5.55. The van der Waals surface area contributed by atoms with Crippen molar-refractivity contribution in [2.45, 2.75) is 0 Å². The van der Waals surface area contributed by atoms with Crippen LogP contribution in [0.2, 0.25) is 5.02 Å². The number of nitrogens with zero attached hydrogens (tertiary/aromatic N) is 1. The zero-order valence-corrected chi connectivity index (χ0v) is 14.4. The van der Waals surface area contributed by atoms with Gasteiger partial charge in [-0.15, -0.1) is 0 Å². The molecule has 1 heterocycles. The summed E-state index contributed by atoms with van der Waals surface area (Å²) in [7, 11) is 0. The molecule has 0 spiro atoms. The summed E-state index contributed by atoms with van der Waals surface area (Å²) < 4.78 is 0.860. The number of anilines is 1. The number of carbonyl (C=O) groups is 1. The summed E-state index contributed by atoms with van der Waals surface area (Å²) in [5.74, 6) is 0.222. The summed E-state index contributed by atoms with van der Waals surface area (Å²) in [5, 5.41) is 6.19. The Morgan fingerprint density at radius 3 is 2.59 bits per heavy atom. The molecule has 7 heteroatoms. The fourth-order valence-electron chi connectivity index (χ4n) is 1.50. The zero-order chi connectivity index (χ0) is 15.9. The van der Waals surface area contributed by atoms with Crippen molar-refractivity contribution in [2.75, 3.05) is 5.32 Å². The normalized spacial score (nSPS) is 10.5. The van der Waals surface area contributed by atoms with Gasteiger partial charge in [0.1, 0.15) is 5.82 Å². The summed E-state index contributed by atoms with van der Waals surface area (Å²) >= 11 is 14.1. The minimum Gasteiger partial charge on any atom is -0.317 e. The van der Waals surface area contributed by atoms with Crippen LogP contribution in [0.5, 0.6) is 0 Å². The van der Waals surface area contributed by atoms with E-state index in [1.54, 1.807) is 30.5 Å². The quantitative estimate of drug-likeness (QED) is 0.608. The van der Waals surface area contributed by atoms with Crippen LogP contribution in [0.25, 0.3) is 6.08 Å². The molecule has 0 unspecified atom stereocenters. The molecule has 0 atom stereocenters. The number of nitrogens with one attached hydrogen (secondary N) is 2. The van der Waals surface area contributed by atoms with Crippen LogP contribution in [-0.2, 0) is 4.79 Å². The molecular formula is C15H11BrClN3OS. The van der Waals surface area contributed by atoms with Gasteiger partial charge in [-0.2, -0.15) is 0 Å². The first-order valence-corrected chi connectivity index (χ1v) is 7.78. The van der Waals surface area contributed by atoms with Gasteiger partial charge >= 0.3 is 0 Å². The number of aromatic nitrogens is 1. The Balaban J connectivity index is 1.87. The number of benzene rings is 1. The summed E-state index contributed by atoms with van der Waals surface area (Å²) in [5.41, 5.74) is 0.869. The highest BCUT2D eigenvalue weighted by Gasteiger charge is 2.02. The lowest BCUT2D eigenvalue weighted by Crippen LogP contribution is -2.33. The fourth-order valence-corrected chi connectivity index (χ4v) is 2.06. The van der Waals surface area contributed by atoms with Gasteiger partial charge in [-0.25, -0.2) is 4.98 Å². The predicted octanol–water partition coefficient (Wildman–Crippen LogP) is 4.02. The van der Waals surface area contributed by atoms with E-state index in [4.69, 9.17) is 23.8 Å². The predicted molar refractivity (Wildman–Crippen MR) is 96.8 cm³/mol. The maximum atomic E-state index is 11.8. The van der Waals surface area contributed by atoms with Crippen LogP contribution in [0.1, 0.15) is 5.56 Å². The Kier molecular flexibility index (Phi) is 6.06. The molecule has 1 amide bonds. The Hall–Kier alpha value is -1.76. The Bertz CT molecular complexity index is 702. The van der Waals surface area contributed by atoms with E-state index < -0.39 is 0 Å². The van der Waals surface area contributed by atoms with Gasteiger partial charge in [-0.05, 0) is 64.1 Å². The zero-order valence-electron chi connectivity index (χ0n) is 11.2. The van der Waals surface area contributed by atoms with Crippen molar-refractivity contribution in [3.8, 4) is 0 Å². The van der Waals surface area contributed by atoms with Crippen LogP contribution in [0, 0.1) is 0 Å². The van der Waals surface area contributed by atoms with Gasteiger partial charge in [-0.3, -0.25) is 10.1 Å². The number of hydrogen-bond donors (Lipinski definition) is 2. The summed E-state index contributed by atoms with van der Waals surface area (Å²) in [4.78, 5) is 15.9. The summed E-state index contributed by atoms with van der Waals surface area (Å²) in [6.07, 6.45) is 4.70. The fraction of sp³-hybridized carbons (Fsp3) is 0. The second-order valence-corrected chi connectivity index (χ2v) is 5.95. The minimum absolute atomic E-state index is 0.181. The van der Waals surface area contributed by atoms with Crippen LogP contribution in [0.3, 0.4) is 0 Å². The molecule has 0 saturated carbocycles. The molecule has 2 N–H and O–H groups in total. The van der Waals surface area contributed by atoms with Crippen molar-refractivity contribution >= 4 is 62.7 Å². The standard InChI is InChI=1S/C15H11BrClN3OS/c16-11-4-7-13(18-9-11)19-15(22)20-14(21)8-3-10-1-5-12(17)6-2-10/h1-9H,(H2,18,19,20,21,22)/b8-3+. The maximum absolute atomic E-state index is 11.8. The van der Waals surface area contributed by atoms with E-state index in [0.717, 1.165) is 10.0 Å². The van der Waals surface area contributed by atoms with Gasteiger partial charge in [0.25, 0.3) is 0 Å². The Labute approximate surface area is 146 Å². The van der Waals surface area contributed by atoms with E-state index in [9.17, 15) is 4.79 Å². The molecule has 0 radical (unpaired) electrons. The van der Waals surface area contributed by atoms with Gasteiger partial charge in [0.15, 0.2) is 5.11 Å². The van der Waals surface area contributed by atoms with Crippen molar-refractivity contribution in [3.63, 3.8) is 0 Å². The number of carbonyl (C=O) groups excluding carboxylic acids is 1. The van der Waals surface area contributed by atoms with Gasteiger partial charge in [0, 0.05) is 21.8 Å². The molecule has 2 aromatic rings. The van der Waals surface area contributed by atoms with Crippen molar-refractivity contribution in [3.05, 3.63) is 63.7 Å². The third-order valence-electron chi connectivity index (χ3n) is 2.50. The smallest absolute Gasteiger partial charge is 0.250 e. The van der Waals surface area contributed by atoms with E-state index in [2.05, 4.69) is 31.5 Å². The lowest BCUT2D eigenvalue weighted by atomic mass is 10.2. The topological polar surface area (TPSA) is 54.0 Å². The van der Waals surface area contributed by atoms with Crippen LogP contribution >= 0.6 is 39.7 Å². The molecule has 0 aliphatic carbocycles. The highest BCUT2D eigenvalue weighted by Crippen LogP contribution is 2.11. The second kappa shape index (κ2) is 8.03. The molecule has 112 valence electrons. The molecular weight excluding hydrogens is 386 g/mol. The minimum atomic E-state index is -0.329. The molecule has 4 nitrogen and oxygen atoms in total. The van der Waals surface area contributed by atoms with Gasteiger partial charge in [0.2, 0.25) is 5.91 Å². The number of hydrogen-bond acceptors (Lipinski definition) is 3. The molecule has 0 aliphatic rings. The molecule has 0 bridgehead atoms. The van der Waals surface area contributed by atoms with Gasteiger partial charge in [0.05, 0.1) is 0 Å². The number of pyridine rings is 1. The van der Waals surface area contributed by atoms with Crippen LogP contribution < -0.4 is 10.6 Å². The highest BCUT2D eigenvalue weighted by atomic mass is 79.9. The Morgan fingerprint density at radius 2 is 1.95 bits per heavy atom. The first kappa shape index (κ1) is 16.6. The third-order valence-corrected chi connectivity index (χ3v) is 3.43. The lowest BCUT2D eigenvalue weighted by Gasteiger charge is -2.07. The van der Waals surface area contributed by atoms with E-state index in [0.29, 0.717) is 10.8 Å². The molecule has 0 saturated heterocycles. The number of amides is 1. The van der Waals surface area contributed by atoms with Gasteiger partial charge in [-0.1, -0.05) is 23.7 Å². The molecule has 0 fully saturated rings. The van der Waals surface area contributed by atoms with Crippen molar-refractivity contribution in [1.82, 2.24) is 10.3 Å². The first-order chi connectivity index (χ1) is 10.5. The number of rotatable bonds is 3. The molecule has 0 aliphatic heterocycles. The highest BCUT2D eigenvalue weighted by molar-refractivity contribution is 9.10. The van der Waals surface area contributed by atoms with E-state index in [-0.39, 0.29) is 11.0 Å². The first-order valence-electron chi connectivity index (χ1n) is 6.20. The van der Waals surface area contributed by atoms with Crippen LogP contribution in [0.4, 0.5) is 5.82 Å². The average Bonchev–Trinajstić information content (AvgIpc) is 2.49. The van der Waals surface area contributed by atoms with Gasteiger partial charge < -0.3 is 5.32 Å². The molecule has 2 rings (SSSR count). The molecule has 22 heavy (non-hydrogen) atoms. The van der Waals surface area contributed by atoms with Crippen LogP contribution in [-0.4, -0.2) is 16.0 Å². The van der Waals surface area contributed by atoms with Crippen LogP contribution in [0.15, 0.2) is 53.1 Å². The summed E-state index contributed by atoms with van der Waals surface area (Å²) in [6, 6.07) is 10.7. The van der Waals surface area contributed by atoms with E-state index >= 15 is 0 Å². The number of thiocarbonyl (C=S) groups is 1. The molecule has 1 aromatic carbocycles. The average molecular weight is 397 g/mol.